The predicted molar refractivity (Wildman–Crippen MR) is 399 cm³/mol. The van der Waals surface area contributed by atoms with Crippen LogP contribution in [0.25, 0.3) is 0 Å². The number of hydrogen-bond acceptors (Lipinski definition) is 51. The summed E-state index contributed by atoms with van der Waals surface area (Å²) >= 11 is 0. The summed E-state index contributed by atoms with van der Waals surface area (Å²) in [5.41, 5.74) is 0. The average Bonchev–Trinajstić information content (AvgIpc) is 0.755. The Hall–Kier alpha value is -4.98. The van der Waals surface area contributed by atoms with Crippen LogP contribution in [0.15, 0.2) is 0 Å². The summed E-state index contributed by atoms with van der Waals surface area (Å²) in [6.07, 6.45) is -94.9. The van der Waals surface area contributed by atoms with E-state index < -0.39 is 408 Å². The van der Waals surface area contributed by atoms with Gasteiger partial charge in [-0.25, -0.2) is 0 Å². The van der Waals surface area contributed by atoms with Crippen molar-refractivity contribution in [3.63, 3.8) is 0 Å². The van der Waals surface area contributed by atoms with E-state index in [1.165, 1.54) is 0 Å². The van der Waals surface area contributed by atoms with Crippen LogP contribution in [-0.2, 0) is 119 Å². The predicted octanol–water partition coefficient (Wildman–Crippen LogP) is -21.9. The highest BCUT2D eigenvalue weighted by Crippen LogP contribution is 2.41. The quantitative estimate of drug-likeness (QED) is 0.0284. The molecule has 0 aromatic rings. The van der Waals surface area contributed by atoms with Gasteiger partial charge in [0.25, 0.3) is 0 Å². The molecule has 50 atom stereocenters. The molecule has 32 N–H and O–H groups in total. The van der Waals surface area contributed by atoms with E-state index in [2.05, 4.69) is 31.9 Å². The van der Waals surface area contributed by atoms with Crippen molar-refractivity contribution in [1.29, 1.82) is 0 Å². The fraction of sp³-hybridized carbons (Fsp3) is 0.917. The summed E-state index contributed by atoms with van der Waals surface area (Å²) in [7, 11) is 0. The molecule has 10 aliphatic rings. The zero-order valence-corrected chi connectivity index (χ0v) is 69.8. The van der Waals surface area contributed by atoms with Crippen molar-refractivity contribution in [2.75, 3.05) is 66.1 Å². The van der Waals surface area contributed by atoms with Crippen molar-refractivity contribution in [3.05, 3.63) is 0 Å². The molecule has 0 aliphatic carbocycles. The summed E-state index contributed by atoms with van der Waals surface area (Å²) in [6, 6.07) is -11.2. The van der Waals surface area contributed by atoms with Crippen LogP contribution >= 0.6 is 0 Å². The number of carbonyl (C=O) groups excluding carboxylic acids is 6. The lowest BCUT2D eigenvalue weighted by atomic mass is 9.93. The maximum absolute atomic E-state index is 13.2. The van der Waals surface area contributed by atoms with Gasteiger partial charge in [-0.15, -0.1) is 0 Å². The Morgan fingerprint density at radius 1 is 0.202 bits per heavy atom. The van der Waals surface area contributed by atoms with Gasteiger partial charge in [-0.1, -0.05) is 0 Å². The molecule has 0 aromatic carbocycles. The van der Waals surface area contributed by atoms with Crippen molar-refractivity contribution < 1.29 is 252 Å². The first-order chi connectivity index (χ1) is 61.0. The fourth-order valence-electron chi connectivity index (χ4n) is 16.6. The number of amides is 6. The number of aliphatic hydroxyl groups is 26. The Kier molecular flexibility index (Phi) is 38.4. The Labute approximate surface area is 731 Å². The van der Waals surface area contributed by atoms with Crippen LogP contribution in [0.5, 0.6) is 0 Å². The maximum Gasteiger partial charge on any atom is 0.217 e. The average molecular weight is 1890 g/mol. The third-order valence-corrected chi connectivity index (χ3v) is 23.3. The molecular weight excluding hydrogens is 1760 g/mol. The van der Waals surface area contributed by atoms with Gasteiger partial charge in [0.15, 0.2) is 62.9 Å². The van der Waals surface area contributed by atoms with Gasteiger partial charge in [-0.3, -0.25) is 28.8 Å². The molecular formula is C72H120N6O51. The second-order valence-corrected chi connectivity index (χ2v) is 32.5. The summed E-state index contributed by atoms with van der Waals surface area (Å²) in [6.45, 7) is -5.71. The number of ether oxygens (including phenoxy) is 19. The first kappa shape index (κ1) is 106. The van der Waals surface area contributed by atoms with Gasteiger partial charge >= 0.3 is 0 Å². The molecule has 10 saturated heterocycles. The van der Waals surface area contributed by atoms with Crippen LogP contribution < -0.4 is 31.9 Å². The third kappa shape index (κ3) is 24.2. The highest BCUT2D eigenvalue weighted by molar-refractivity contribution is 5.75. The van der Waals surface area contributed by atoms with Crippen molar-refractivity contribution in [1.82, 2.24) is 31.9 Å². The monoisotopic (exact) mass is 1880 g/mol. The molecule has 0 spiro atoms. The second kappa shape index (κ2) is 46.7. The normalized spacial score (nSPS) is 47.5. The zero-order valence-electron chi connectivity index (χ0n) is 69.8. The van der Waals surface area contributed by atoms with E-state index in [1.807, 2.05) is 0 Å². The van der Waals surface area contributed by atoms with Crippen molar-refractivity contribution in [2.24, 2.45) is 0 Å². The standard InChI is InChI=1S/C72H120N6O51/c1-17(87)73-33-49(103)56(28(12-84)113-63(33)110)123-67-37(77-21(5)91)50(104)57(29(13-85)119-67)125-70-55(109)60(45(99)32(121-70)16-112-71-61(128-65-35(75-19(3)89)47(101)40(94)24(8-80)115-65)52(106)43(97)31(122-71)15-111-64-34(74-18(2)88)46(100)39(93)23(7-79)114-64)127-72-62(129-66-36(76-20(4)90)48(102)41(95)25(9-81)116-66)54(108)58(30(14-86)120-72)124-68-38(78-22(6)92)59(44(98)27(11-83)117-68)126-69-53(107)51(105)42(96)26(10-82)118-69/h23-72,79-86,93-110H,7-16H2,1-6H3,(H,73,87)(H,74,88)(H,75,89)(H,76,90)(H,77,91)(H,78,92)/t23-,24-,25-,26-,27-,28-,29-,30-,31-,32-,33-,34-,35-,36+,37-,38-,39-,40-,41-,42+,43-,44-,45-,46-,47-,48-,49-,50-,51+,52+,53-,54+,55+,56-,57-,58-,59-,60+,61+,62+,63?,64-,65+,66+,67+,68+,69+,70+,71+,72-/m1/s1. The summed E-state index contributed by atoms with van der Waals surface area (Å²) < 4.78 is 115. The van der Waals surface area contributed by atoms with Crippen molar-refractivity contribution in [2.45, 2.75) is 348 Å². The van der Waals surface area contributed by atoms with Gasteiger partial charge in [-0.05, 0) is 0 Å². The number of rotatable bonds is 34. The van der Waals surface area contributed by atoms with Gasteiger partial charge < -0.3 is 255 Å². The summed E-state index contributed by atoms with van der Waals surface area (Å²) in [5.74, 6) is -5.53. The maximum atomic E-state index is 13.2. The highest BCUT2D eigenvalue weighted by atomic mass is 16.8. The van der Waals surface area contributed by atoms with E-state index in [-0.39, 0.29) is 0 Å². The smallest absolute Gasteiger partial charge is 0.217 e. The molecule has 10 rings (SSSR count). The molecule has 0 saturated carbocycles. The minimum Gasteiger partial charge on any atom is -0.394 e. The van der Waals surface area contributed by atoms with Crippen LogP contribution in [0.2, 0.25) is 0 Å². The van der Waals surface area contributed by atoms with Crippen LogP contribution in [0.4, 0.5) is 0 Å². The Bertz CT molecular complexity index is 3570. The first-order valence-corrected chi connectivity index (χ1v) is 41.1. The van der Waals surface area contributed by atoms with Crippen LogP contribution in [-0.4, -0.2) is 541 Å². The molecule has 57 heteroatoms. The molecule has 0 bridgehead atoms. The number of aliphatic hydroxyl groups excluding tert-OH is 26. The van der Waals surface area contributed by atoms with E-state index in [0.717, 1.165) is 41.5 Å². The molecule has 0 radical (unpaired) electrons. The zero-order chi connectivity index (χ0) is 95.1. The van der Waals surface area contributed by atoms with Gasteiger partial charge in [0.2, 0.25) is 35.4 Å². The van der Waals surface area contributed by atoms with E-state index in [9.17, 15) is 162 Å². The van der Waals surface area contributed by atoms with Gasteiger partial charge in [-0.2, -0.15) is 0 Å². The van der Waals surface area contributed by atoms with E-state index in [4.69, 9.17) is 90.0 Å². The lowest BCUT2D eigenvalue weighted by Gasteiger charge is -2.52. The minimum atomic E-state index is -2.72. The molecule has 6 amide bonds. The Balaban J connectivity index is 1.07. The number of hydrogen-bond donors (Lipinski definition) is 32. The SMILES string of the molecule is CC(=O)N[C@@H]1[C@H](O[C@@H]2[C@@H](O[C@@H]3[C@H](O)[C@H](O[C@H]4[C@H](O)[C@@H](NC(C)=O)[C@H](O[C@H]5[C@H](O)[C@@H](NC(C)=O)C(O)O[C@@H]5CO)O[C@@H]4CO)O[C@H](CO[C@H]4O[C@H](CO[C@@H]5O[C@H](CO)[C@@H](O)[C@H](O)[C@H]5NC(C)=O)[C@@H](O)[C@H](O)[C@@H]4O[C@@H]4O[C@H](CO)[C@@H](O)[C@H](O)[C@H]4NC(C)=O)[C@H]3O)O[C@H](CO)[C@@H](O[C@@H]3O[C@H](CO)[C@@H](O)[C@H](O[C@@H]4O[C@H](CO)[C@H](O)[C@H](O)[C@H]4O)[C@H]3NC(C)=O)[C@@H]2O)O[C@H](CO)[C@@H](O)[C@@H]1O. The molecule has 0 aromatic heterocycles. The largest absolute Gasteiger partial charge is 0.394 e. The lowest BCUT2D eigenvalue weighted by molar-refractivity contribution is -0.404. The molecule has 57 nitrogen and oxygen atoms in total. The Morgan fingerprint density at radius 2 is 0.457 bits per heavy atom. The van der Waals surface area contributed by atoms with Crippen LogP contribution in [0.1, 0.15) is 41.5 Å². The van der Waals surface area contributed by atoms with E-state index in [1.54, 1.807) is 0 Å². The third-order valence-electron chi connectivity index (χ3n) is 23.3. The molecule has 129 heavy (non-hydrogen) atoms. The molecule has 1 unspecified atom stereocenters. The molecule has 10 fully saturated rings. The van der Waals surface area contributed by atoms with Gasteiger partial charge in [0.1, 0.15) is 244 Å². The van der Waals surface area contributed by atoms with Crippen LogP contribution in [0.3, 0.4) is 0 Å². The molecule has 744 valence electrons. The van der Waals surface area contributed by atoms with Crippen LogP contribution in [0, 0.1) is 0 Å². The molecule has 10 aliphatic heterocycles. The Morgan fingerprint density at radius 3 is 0.899 bits per heavy atom. The minimum absolute atomic E-state index is 0.819. The first-order valence-electron chi connectivity index (χ1n) is 41.1. The second-order valence-electron chi connectivity index (χ2n) is 32.5. The fourth-order valence-corrected chi connectivity index (χ4v) is 16.6. The van der Waals surface area contributed by atoms with Gasteiger partial charge in [0, 0.05) is 41.5 Å². The lowest BCUT2D eigenvalue weighted by Crippen LogP contribution is -2.71. The highest BCUT2D eigenvalue weighted by Gasteiger charge is 2.62. The summed E-state index contributed by atoms with van der Waals surface area (Å²) in [5, 5.41) is 308. The summed E-state index contributed by atoms with van der Waals surface area (Å²) in [4.78, 5) is 76.9. The van der Waals surface area contributed by atoms with E-state index >= 15 is 0 Å². The van der Waals surface area contributed by atoms with Gasteiger partial charge in [0.05, 0.1) is 66.1 Å². The number of nitrogens with one attached hydrogen (secondary N) is 6. The van der Waals surface area contributed by atoms with Crippen molar-refractivity contribution in [3.8, 4) is 0 Å². The number of carbonyl (C=O) groups is 6. The van der Waals surface area contributed by atoms with Crippen molar-refractivity contribution >= 4 is 35.4 Å². The topological polar surface area (TPSA) is 876 Å². The molecule has 10 heterocycles. The van der Waals surface area contributed by atoms with E-state index in [0.29, 0.717) is 0 Å².